The highest BCUT2D eigenvalue weighted by Gasteiger charge is 2.31. The summed E-state index contributed by atoms with van der Waals surface area (Å²) in [4.78, 5) is 14.2. The highest BCUT2D eigenvalue weighted by molar-refractivity contribution is 5.99. The van der Waals surface area contributed by atoms with Crippen LogP contribution in [0.1, 0.15) is 30.6 Å². The molecular formula is C14H19FN2O2. The summed E-state index contributed by atoms with van der Waals surface area (Å²) in [6.45, 7) is 4.94. The van der Waals surface area contributed by atoms with Crippen LogP contribution in [0.25, 0.3) is 0 Å². The number of ether oxygens (including phenoxy) is 1. The molecule has 4 nitrogen and oxygen atoms in total. The van der Waals surface area contributed by atoms with Gasteiger partial charge in [-0.25, -0.2) is 4.39 Å². The van der Waals surface area contributed by atoms with Crippen LogP contribution in [0.5, 0.6) is 0 Å². The number of nitrogen functional groups attached to an aromatic ring is 1. The quantitative estimate of drug-likeness (QED) is 0.833. The number of amides is 1. The van der Waals surface area contributed by atoms with Gasteiger partial charge in [-0.3, -0.25) is 4.79 Å². The molecule has 1 fully saturated rings. The van der Waals surface area contributed by atoms with Crippen LogP contribution in [-0.2, 0) is 4.74 Å². The molecule has 0 bridgehead atoms. The van der Waals surface area contributed by atoms with E-state index >= 15 is 0 Å². The van der Waals surface area contributed by atoms with Crippen molar-refractivity contribution < 1.29 is 13.9 Å². The minimum atomic E-state index is -0.555. The maximum absolute atomic E-state index is 13.4. The van der Waals surface area contributed by atoms with Crippen LogP contribution in [-0.4, -0.2) is 36.1 Å². The van der Waals surface area contributed by atoms with Gasteiger partial charge in [0.2, 0.25) is 0 Å². The Labute approximate surface area is 112 Å². The van der Waals surface area contributed by atoms with Crippen molar-refractivity contribution in [3.05, 3.63) is 29.6 Å². The van der Waals surface area contributed by atoms with Crippen LogP contribution in [0.15, 0.2) is 18.2 Å². The molecule has 2 atom stereocenters. The Morgan fingerprint density at radius 1 is 1.58 bits per heavy atom. The molecule has 1 aliphatic rings. The van der Waals surface area contributed by atoms with Gasteiger partial charge in [-0.2, -0.15) is 0 Å². The number of nitrogens with zero attached hydrogens (tertiary/aromatic N) is 1. The number of hydrogen-bond donors (Lipinski definition) is 1. The Hall–Kier alpha value is -1.62. The molecular weight excluding hydrogens is 247 g/mol. The fourth-order valence-corrected chi connectivity index (χ4v) is 2.31. The lowest BCUT2D eigenvalue weighted by Crippen LogP contribution is -2.51. The molecule has 0 saturated carbocycles. The van der Waals surface area contributed by atoms with Crippen molar-refractivity contribution in [1.82, 2.24) is 4.90 Å². The molecule has 0 aliphatic carbocycles. The zero-order valence-electron chi connectivity index (χ0n) is 11.2. The number of rotatable bonds is 2. The van der Waals surface area contributed by atoms with Crippen LogP contribution in [0, 0.1) is 5.82 Å². The highest BCUT2D eigenvalue weighted by atomic mass is 19.1. The molecule has 5 heteroatoms. The third-order valence-corrected chi connectivity index (χ3v) is 3.48. The van der Waals surface area contributed by atoms with Crippen LogP contribution >= 0.6 is 0 Å². The number of hydrogen-bond acceptors (Lipinski definition) is 3. The minimum Gasteiger partial charge on any atom is -0.396 e. The predicted molar refractivity (Wildman–Crippen MR) is 71.3 cm³/mol. The van der Waals surface area contributed by atoms with E-state index in [9.17, 15) is 9.18 Å². The van der Waals surface area contributed by atoms with E-state index in [2.05, 4.69) is 0 Å². The van der Waals surface area contributed by atoms with Gasteiger partial charge in [-0.05, 0) is 25.5 Å². The summed E-state index contributed by atoms with van der Waals surface area (Å²) in [6.07, 6.45) is 0.787. The minimum absolute atomic E-state index is 0.0125. The second-order valence-electron chi connectivity index (χ2n) is 4.86. The Bertz CT molecular complexity index is 479. The van der Waals surface area contributed by atoms with Crippen LogP contribution in [0.3, 0.4) is 0 Å². The van der Waals surface area contributed by atoms with Gasteiger partial charge in [0.05, 0.1) is 30.0 Å². The summed E-state index contributed by atoms with van der Waals surface area (Å²) in [6, 6.07) is 4.34. The number of halogens is 1. The smallest absolute Gasteiger partial charge is 0.256 e. The molecule has 1 aromatic rings. The first-order valence-electron chi connectivity index (χ1n) is 6.51. The maximum atomic E-state index is 13.4. The standard InChI is InChI=1S/C14H19FN2O2/c1-3-10-8-19-9(2)7-17(10)14(18)11-5-4-6-12(15)13(11)16/h4-6,9-10H,3,7-8,16H2,1-2H3. The van der Waals surface area contributed by atoms with E-state index in [4.69, 9.17) is 10.5 Å². The first-order chi connectivity index (χ1) is 9.04. The molecule has 2 N–H and O–H groups in total. The number of para-hydroxylation sites is 1. The van der Waals surface area contributed by atoms with Crippen LogP contribution in [0.2, 0.25) is 0 Å². The summed E-state index contributed by atoms with van der Waals surface area (Å²) >= 11 is 0. The Kier molecular flexibility index (Phi) is 4.04. The lowest BCUT2D eigenvalue weighted by molar-refractivity contribution is -0.0443. The van der Waals surface area contributed by atoms with Gasteiger partial charge in [0.1, 0.15) is 5.82 Å². The number of anilines is 1. The lowest BCUT2D eigenvalue weighted by Gasteiger charge is -2.38. The van der Waals surface area contributed by atoms with Crippen molar-refractivity contribution in [2.75, 3.05) is 18.9 Å². The molecule has 2 unspecified atom stereocenters. The van der Waals surface area contributed by atoms with Gasteiger partial charge in [-0.15, -0.1) is 0 Å². The summed E-state index contributed by atoms with van der Waals surface area (Å²) < 4.78 is 19.0. The Balaban J connectivity index is 2.28. The third-order valence-electron chi connectivity index (χ3n) is 3.48. The van der Waals surface area contributed by atoms with Gasteiger partial charge in [0, 0.05) is 6.54 Å². The third kappa shape index (κ3) is 2.71. The Morgan fingerprint density at radius 3 is 3.00 bits per heavy atom. The SMILES string of the molecule is CCC1COC(C)CN1C(=O)c1cccc(F)c1N. The van der Waals surface area contributed by atoms with Gasteiger partial charge in [0.25, 0.3) is 5.91 Å². The first-order valence-corrected chi connectivity index (χ1v) is 6.51. The van der Waals surface area contributed by atoms with Gasteiger partial charge in [-0.1, -0.05) is 13.0 Å². The monoisotopic (exact) mass is 266 g/mol. The molecule has 2 rings (SSSR count). The van der Waals surface area contributed by atoms with Gasteiger partial charge < -0.3 is 15.4 Å². The van der Waals surface area contributed by atoms with Crippen molar-refractivity contribution in [2.45, 2.75) is 32.4 Å². The molecule has 1 aliphatic heterocycles. The van der Waals surface area contributed by atoms with Gasteiger partial charge in [0.15, 0.2) is 0 Å². The lowest BCUT2D eigenvalue weighted by atomic mass is 10.1. The number of carbonyl (C=O) groups is 1. The van der Waals surface area contributed by atoms with Crippen molar-refractivity contribution in [2.24, 2.45) is 0 Å². The summed E-state index contributed by atoms with van der Waals surface area (Å²) in [7, 11) is 0. The van der Waals surface area contributed by atoms with Crippen LogP contribution in [0.4, 0.5) is 10.1 Å². The number of nitrogens with two attached hydrogens (primary N) is 1. The Morgan fingerprint density at radius 2 is 2.32 bits per heavy atom. The fourth-order valence-electron chi connectivity index (χ4n) is 2.31. The molecule has 0 aromatic heterocycles. The summed E-state index contributed by atoms with van der Waals surface area (Å²) in [5.74, 6) is -0.779. The predicted octanol–water partition coefficient (Wildman–Crippen LogP) is 2.05. The van der Waals surface area contributed by atoms with Crippen molar-refractivity contribution in [1.29, 1.82) is 0 Å². The molecule has 1 saturated heterocycles. The second kappa shape index (κ2) is 5.57. The summed E-state index contributed by atoms with van der Waals surface area (Å²) in [5.41, 5.74) is 5.81. The average molecular weight is 266 g/mol. The molecule has 0 radical (unpaired) electrons. The second-order valence-corrected chi connectivity index (χ2v) is 4.86. The van der Waals surface area contributed by atoms with E-state index in [-0.39, 0.29) is 29.3 Å². The van der Waals surface area contributed by atoms with Crippen molar-refractivity contribution >= 4 is 11.6 Å². The number of morpholine rings is 1. The number of carbonyl (C=O) groups excluding carboxylic acids is 1. The van der Waals surface area contributed by atoms with E-state index in [1.807, 2.05) is 13.8 Å². The van der Waals surface area contributed by atoms with E-state index in [1.165, 1.54) is 12.1 Å². The maximum Gasteiger partial charge on any atom is 0.256 e. The molecule has 1 aromatic carbocycles. The van der Waals surface area contributed by atoms with Gasteiger partial charge >= 0.3 is 0 Å². The van der Waals surface area contributed by atoms with E-state index in [0.717, 1.165) is 6.42 Å². The van der Waals surface area contributed by atoms with E-state index in [1.54, 1.807) is 11.0 Å². The molecule has 1 heterocycles. The first kappa shape index (κ1) is 13.8. The van der Waals surface area contributed by atoms with E-state index < -0.39 is 5.82 Å². The molecule has 0 spiro atoms. The zero-order valence-corrected chi connectivity index (χ0v) is 11.2. The fraction of sp³-hybridized carbons (Fsp3) is 0.500. The van der Waals surface area contributed by atoms with Crippen molar-refractivity contribution in [3.63, 3.8) is 0 Å². The largest absolute Gasteiger partial charge is 0.396 e. The summed E-state index contributed by atoms with van der Waals surface area (Å²) in [5, 5.41) is 0. The highest BCUT2D eigenvalue weighted by Crippen LogP contribution is 2.22. The number of benzene rings is 1. The normalized spacial score (nSPS) is 23.4. The van der Waals surface area contributed by atoms with Crippen molar-refractivity contribution in [3.8, 4) is 0 Å². The molecule has 1 amide bonds. The zero-order chi connectivity index (χ0) is 14.0. The topological polar surface area (TPSA) is 55.6 Å². The molecule has 19 heavy (non-hydrogen) atoms. The van der Waals surface area contributed by atoms with Crippen LogP contribution < -0.4 is 5.73 Å². The average Bonchev–Trinajstić information content (AvgIpc) is 2.41. The van der Waals surface area contributed by atoms with E-state index in [0.29, 0.717) is 13.2 Å². The molecule has 104 valence electrons.